The van der Waals surface area contributed by atoms with E-state index in [4.69, 9.17) is 0 Å². The molecule has 1 aliphatic heterocycles. The maximum absolute atomic E-state index is 11.5. The zero-order valence-corrected chi connectivity index (χ0v) is 10.1. The zero-order valence-electron chi connectivity index (χ0n) is 10.1. The van der Waals surface area contributed by atoms with Crippen LogP contribution in [0.4, 0.5) is 0 Å². The van der Waals surface area contributed by atoms with Gasteiger partial charge in [0.15, 0.2) is 0 Å². The predicted octanol–water partition coefficient (Wildman–Crippen LogP) is -1.65. The first kappa shape index (κ1) is 14.4. The van der Waals surface area contributed by atoms with E-state index < -0.39 is 24.4 Å². The van der Waals surface area contributed by atoms with Gasteiger partial charge in [-0.05, 0) is 6.42 Å². The normalized spacial score (nSPS) is 34.1. The molecule has 0 aromatic heterocycles. The molecule has 6 heteroatoms. The van der Waals surface area contributed by atoms with Crippen molar-refractivity contribution in [3.8, 4) is 0 Å². The summed E-state index contributed by atoms with van der Waals surface area (Å²) in [4.78, 5) is 11.5. The van der Waals surface area contributed by atoms with Gasteiger partial charge in [0.05, 0.1) is 12.1 Å². The van der Waals surface area contributed by atoms with E-state index in [1.807, 2.05) is 6.92 Å². The molecule has 0 saturated carbocycles. The largest absolute Gasteiger partial charge is 0.389 e. The number of carbonyl (C=O) groups excluding carboxylic acids is 1. The Morgan fingerprint density at radius 3 is 2.65 bits per heavy atom. The lowest BCUT2D eigenvalue weighted by Crippen LogP contribution is -2.52. The van der Waals surface area contributed by atoms with E-state index in [1.54, 1.807) is 0 Å². The standard InChI is InChI=1S/C11H22N2O4/c1-2-3-4-9(15)13-7-5-12-6-8(14)11(17)10(7)16/h7-8,10-12,14,16-17H,2-6H2,1H3,(H,13,15)/t7-,8-,10+,11+/m0/s1. The smallest absolute Gasteiger partial charge is 0.220 e. The van der Waals surface area contributed by atoms with Crippen LogP contribution in [0.25, 0.3) is 0 Å². The Hall–Kier alpha value is -0.690. The molecule has 1 saturated heterocycles. The molecule has 0 radical (unpaired) electrons. The van der Waals surface area contributed by atoms with Crippen LogP contribution in [0, 0.1) is 0 Å². The Bertz CT molecular complexity index is 250. The first-order valence-electron chi connectivity index (χ1n) is 6.10. The lowest BCUT2D eigenvalue weighted by molar-refractivity contribution is -0.124. The minimum Gasteiger partial charge on any atom is -0.389 e. The number of hydrogen-bond donors (Lipinski definition) is 5. The van der Waals surface area contributed by atoms with E-state index in [1.165, 1.54) is 0 Å². The summed E-state index contributed by atoms with van der Waals surface area (Å²) in [6, 6.07) is -0.563. The summed E-state index contributed by atoms with van der Waals surface area (Å²) < 4.78 is 0. The highest BCUT2D eigenvalue weighted by Gasteiger charge is 2.34. The number of hydrogen-bond acceptors (Lipinski definition) is 5. The molecule has 17 heavy (non-hydrogen) atoms. The Morgan fingerprint density at radius 1 is 1.29 bits per heavy atom. The SMILES string of the molecule is CCCCC(=O)N[C@H]1CNC[C@H](O)[C@@H](O)[C@@H]1O. The number of aliphatic hydroxyl groups excluding tert-OH is 3. The van der Waals surface area contributed by atoms with Crippen molar-refractivity contribution in [1.29, 1.82) is 0 Å². The predicted molar refractivity (Wildman–Crippen MR) is 62.3 cm³/mol. The van der Waals surface area contributed by atoms with Gasteiger partial charge in [0.25, 0.3) is 0 Å². The molecule has 0 aromatic rings. The molecule has 0 aromatic carbocycles. The Morgan fingerprint density at radius 2 is 2.00 bits per heavy atom. The molecule has 1 amide bonds. The van der Waals surface area contributed by atoms with E-state index in [0.717, 1.165) is 12.8 Å². The van der Waals surface area contributed by atoms with Crippen molar-refractivity contribution in [3.05, 3.63) is 0 Å². The average molecular weight is 246 g/mol. The summed E-state index contributed by atoms with van der Waals surface area (Å²) in [5, 5.41) is 34.4. The second kappa shape index (κ2) is 6.90. The van der Waals surface area contributed by atoms with Gasteiger partial charge in [0.1, 0.15) is 12.2 Å². The second-order valence-corrected chi connectivity index (χ2v) is 4.48. The number of unbranched alkanes of at least 4 members (excludes halogenated alkanes) is 1. The van der Waals surface area contributed by atoms with Crippen LogP contribution < -0.4 is 10.6 Å². The highest BCUT2D eigenvalue weighted by molar-refractivity contribution is 5.76. The van der Waals surface area contributed by atoms with E-state index in [2.05, 4.69) is 10.6 Å². The molecule has 0 aliphatic carbocycles. The number of aliphatic hydroxyl groups is 3. The topological polar surface area (TPSA) is 102 Å². The van der Waals surface area contributed by atoms with E-state index in [-0.39, 0.29) is 12.5 Å². The van der Waals surface area contributed by atoms with Gasteiger partial charge in [0.2, 0.25) is 5.91 Å². The minimum atomic E-state index is -1.23. The first-order valence-corrected chi connectivity index (χ1v) is 6.10. The molecule has 1 heterocycles. The van der Waals surface area contributed by atoms with E-state index in [0.29, 0.717) is 13.0 Å². The summed E-state index contributed by atoms with van der Waals surface area (Å²) in [5.74, 6) is -0.138. The molecule has 1 fully saturated rings. The van der Waals surface area contributed by atoms with E-state index >= 15 is 0 Å². The first-order chi connectivity index (χ1) is 8.06. The Balaban J connectivity index is 2.48. The van der Waals surface area contributed by atoms with Crippen molar-refractivity contribution >= 4 is 5.91 Å². The van der Waals surface area contributed by atoms with Crippen LogP contribution in [0.1, 0.15) is 26.2 Å². The third kappa shape index (κ3) is 4.23. The molecular weight excluding hydrogens is 224 g/mol. The van der Waals surface area contributed by atoms with Gasteiger partial charge in [-0.1, -0.05) is 13.3 Å². The van der Waals surface area contributed by atoms with Crippen molar-refractivity contribution in [2.75, 3.05) is 13.1 Å². The van der Waals surface area contributed by atoms with Crippen molar-refractivity contribution in [3.63, 3.8) is 0 Å². The number of rotatable bonds is 4. The van der Waals surface area contributed by atoms with Gasteiger partial charge < -0.3 is 26.0 Å². The third-order valence-electron chi connectivity index (χ3n) is 2.98. The summed E-state index contributed by atoms with van der Waals surface area (Å²) in [7, 11) is 0. The molecule has 0 spiro atoms. The third-order valence-corrected chi connectivity index (χ3v) is 2.98. The molecule has 0 unspecified atom stereocenters. The minimum absolute atomic E-state index is 0.138. The number of amides is 1. The average Bonchev–Trinajstić information content (AvgIpc) is 2.42. The van der Waals surface area contributed by atoms with Gasteiger partial charge in [-0.15, -0.1) is 0 Å². The zero-order chi connectivity index (χ0) is 12.8. The fourth-order valence-corrected chi connectivity index (χ4v) is 1.85. The summed E-state index contributed by atoms with van der Waals surface area (Å²) >= 11 is 0. The van der Waals surface area contributed by atoms with Gasteiger partial charge >= 0.3 is 0 Å². The van der Waals surface area contributed by atoms with Crippen molar-refractivity contribution < 1.29 is 20.1 Å². The van der Waals surface area contributed by atoms with Crippen LogP contribution in [0.15, 0.2) is 0 Å². The summed E-state index contributed by atoms with van der Waals surface area (Å²) in [6.07, 6.45) is -1.25. The molecule has 100 valence electrons. The van der Waals surface area contributed by atoms with Gasteiger partial charge in [0, 0.05) is 19.5 Å². The maximum atomic E-state index is 11.5. The Kier molecular flexibility index (Phi) is 5.84. The van der Waals surface area contributed by atoms with Crippen LogP contribution in [0.2, 0.25) is 0 Å². The summed E-state index contributed by atoms with van der Waals surface area (Å²) in [5.41, 5.74) is 0. The molecule has 1 rings (SSSR count). The van der Waals surface area contributed by atoms with Crippen molar-refractivity contribution in [1.82, 2.24) is 10.6 Å². The fraction of sp³-hybridized carbons (Fsp3) is 0.909. The maximum Gasteiger partial charge on any atom is 0.220 e. The van der Waals surface area contributed by atoms with Crippen LogP contribution in [0.3, 0.4) is 0 Å². The van der Waals surface area contributed by atoms with Gasteiger partial charge in [-0.2, -0.15) is 0 Å². The molecule has 0 bridgehead atoms. The molecule has 4 atom stereocenters. The van der Waals surface area contributed by atoms with Crippen LogP contribution >= 0.6 is 0 Å². The Labute approximate surface area is 101 Å². The van der Waals surface area contributed by atoms with Crippen LogP contribution in [-0.4, -0.2) is 58.7 Å². The lowest BCUT2D eigenvalue weighted by atomic mass is 10.0. The van der Waals surface area contributed by atoms with Gasteiger partial charge in [-0.25, -0.2) is 0 Å². The van der Waals surface area contributed by atoms with Crippen molar-refractivity contribution in [2.24, 2.45) is 0 Å². The monoisotopic (exact) mass is 246 g/mol. The highest BCUT2D eigenvalue weighted by Crippen LogP contribution is 2.08. The van der Waals surface area contributed by atoms with Gasteiger partial charge in [-0.3, -0.25) is 4.79 Å². The fourth-order valence-electron chi connectivity index (χ4n) is 1.85. The quantitative estimate of drug-likeness (QED) is 0.409. The lowest BCUT2D eigenvalue weighted by Gasteiger charge is -2.25. The number of β-amino-alcohol motifs (C(OH)–C–C–N with tert-alkyl or cyclic N) is 1. The number of nitrogens with one attached hydrogen (secondary N) is 2. The number of carbonyl (C=O) groups is 1. The van der Waals surface area contributed by atoms with E-state index in [9.17, 15) is 20.1 Å². The molecule has 5 N–H and O–H groups in total. The molecule has 6 nitrogen and oxygen atoms in total. The summed E-state index contributed by atoms with van der Waals surface area (Å²) in [6.45, 7) is 2.54. The van der Waals surface area contributed by atoms with Crippen LogP contribution in [-0.2, 0) is 4.79 Å². The molecule has 1 aliphatic rings. The van der Waals surface area contributed by atoms with Crippen molar-refractivity contribution in [2.45, 2.75) is 50.5 Å². The second-order valence-electron chi connectivity index (χ2n) is 4.48. The highest BCUT2D eigenvalue weighted by atomic mass is 16.4. The molecular formula is C11H22N2O4. The van der Waals surface area contributed by atoms with Crippen LogP contribution in [0.5, 0.6) is 0 Å².